The summed E-state index contributed by atoms with van der Waals surface area (Å²) >= 11 is 3.62. The van der Waals surface area contributed by atoms with Crippen LogP contribution in [0.15, 0.2) is 22.7 Å². The number of morpholine rings is 1. The van der Waals surface area contributed by atoms with Crippen LogP contribution in [-0.4, -0.2) is 73.5 Å². The standard InChI is InChI=1S/C21H32BrN3O3/c1-16-14-24(7-8-25(16)20(26)28-21(2,3)4)19-6-5-18(22)13-17(19)15-23-9-11-27-12-10-23/h5-6,13,16H,7-12,14-15H2,1-4H3. The third kappa shape index (κ3) is 5.61. The molecule has 7 heteroatoms. The van der Waals surface area contributed by atoms with Gasteiger partial charge in [0.05, 0.1) is 13.2 Å². The molecule has 1 amide bonds. The number of nitrogens with zero attached hydrogens (tertiary/aromatic N) is 3. The third-order valence-electron chi connectivity index (χ3n) is 5.14. The Morgan fingerprint density at radius 3 is 2.57 bits per heavy atom. The summed E-state index contributed by atoms with van der Waals surface area (Å²) in [6.07, 6.45) is -0.219. The molecule has 0 radical (unpaired) electrons. The van der Waals surface area contributed by atoms with Gasteiger partial charge in [-0.3, -0.25) is 4.90 Å². The van der Waals surface area contributed by atoms with E-state index < -0.39 is 5.60 Å². The van der Waals surface area contributed by atoms with E-state index in [4.69, 9.17) is 9.47 Å². The minimum absolute atomic E-state index is 0.100. The van der Waals surface area contributed by atoms with E-state index in [2.05, 4.69) is 50.9 Å². The number of hydrogen-bond acceptors (Lipinski definition) is 5. The lowest BCUT2D eigenvalue weighted by Crippen LogP contribution is -2.55. The number of piperazine rings is 1. The fourth-order valence-electron chi connectivity index (χ4n) is 3.76. The summed E-state index contributed by atoms with van der Waals surface area (Å²) in [4.78, 5) is 19.2. The van der Waals surface area contributed by atoms with Crippen LogP contribution >= 0.6 is 15.9 Å². The zero-order valence-corrected chi connectivity index (χ0v) is 19.0. The van der Waals surface area contributed by atoms with Gasteiger partial charge in [0.2, 0.25) is 0 Å². The summed E-state index contributed by atoms with van der Waals surface area (Å²) in [5.74, 6) is 0. The quantitative estimate of drug-likeness (QED) is 0.697. The highest BCUT2D eigenvalue weighted by atomic mass is 79.9. The van der Waals surface area contributed by atoms with Gasteiger partial charge in [0.1, 0.15) is 5.60 Å². The minimum Gasteiger partial charge on any atom is -0.444 e. The minimum atomic E-state index is -0.467. The van der Waals surface area contributed by atoms with Crippen LogP contribution in [0.5, 0.6) is 0 Å². The van der Waals surface area contributed by atoms with Gasteiger partial charge in [-0.15, -0.1) is 0 Å². The van der Waals surface area contributed by atoms with Crippen molar-refractivity contribution in [3.63, 3.8) is 0 Å². The first-order valence-electron chi connectivity index (χ1n) is 10.1. The molecule has 0 aromatic heterocycles. The van der Waals surface area contributed by atoms with Crippen LogP contribution in [0.1, 0.15) is 33.3 Å². The van der Waals surface area contributed by atoms with Gasteiger partial charge in [-0.05, 0) is 51.5 Å². The molecule has 0 bridgehead atoms. The third-order valence-corrected chi connectivity index (χ3v) is 5.63. The normalized spacial score (nSPS) is 21.7. The van der Waals surface area contributed by atoms with E-state index in [1.165, 1.54) is 11.3 Å². The van der Waals surface area contributed by atoms with E-state index in [0.717, 1.165) is 50.4 Å². The van der Waals surface area contributed by atoms with Gasteiger partial charge < -0.3 is 19.3 Å². The van der Waals surface area contributed by atoms with Gasteiger partial charge in [-0.1, -0.05) is 15.9 Å². The highest BCUT2D eigenvalue weighted by Gasteiger charge is 2.31. The van der Waals surface area contributed by atoms with Crippen molar-refractivity contribution in [3.8, 4) is 0 Å². The molecule has 0 spiro atoms. The van der Waals surface area contributed by atoms with Gasteiger partial charge in [-0.2, -0.15) is 0 Å². The summed E-state index contributed by atoms with van der Waals surface area (Å²) in [6, 6.07) is 6.61. The van der Waals surface area contributed by atoms with Crippen LogP contribution < -0.4 is 4.90 Å². The number of benzene rings is 1. The number of ether oxygens (including phenoxy) is 2. The van der Waals surface area contributed by atoms with E-state index in [-0.39, 0.29) is 12.1 Å². The Kier molecular flexibility index (Phi) is 6.89. The number of halogens is 1. The molecule has 1 aromatic rings. The summed E-state index contributed by atoms with van der Waals surface area (Å²) in [6.45, 7) is 14.5. The highest BCUT2D eigenvalue weighted by Crippen LogP contribution is 2.28. The van der Waals surface area contributed by atoms with Crippen LogP contribution in [0.4, 0.5) is 10.5 Å². The number of amides is 1. The molecule has 1 aromatic carbocycles. The van der Waals surface area contributed by atoms with E-state index in [1.54, 1.807) is 0 Å². The molecule has 0 saturated carbocycles. The van der Waals surface area contributed by atoms with Gasteiger partial charge in [0, 0.05) is 55.5 Å². The Morgan fingerprint density at radius 1 is 1.21 bits per heavy atom. The van der Waals surface area contributed by atoms with Crippen molar-refractivity contribution in [2.75, 3.05) is 50.8 Å². The number of hydrogen-bond donors (Lipinski definition) is 0. The van der Waals surface area contributed by atoms with Crippen molar-refractivity contribution in [2.45, 2.75) is 45.9 Å². The first-order chi connectivity index (χ1) is 13.2. The SMILES string of the molecule is CC1CN(c2ccc(Br)cc2CN2CCOCC2)CCN1C(=O)OC(C)(C)C. The molecule has 1 unspecified atom stereocenters. The monoisotopic (exact) mass is 453 g/mol. The Hall–Kier alpha value is -1.31. The Balaban J connectivity index is 1.70. The van der Waals surface area contributed by atoms with Gasteiger partial charge >= 0.3 is 6.09 Å². The zero-order chi connectivity index (χ0) is 20.3. The summed E-state index contributed by atoms with van der Waals surface area (Å²) < 4.78 is 12.1. The van der Waals surface area contributed by atoms with E-state index in [9.17, 15) is 4.79 Å². The molecular weight excluding hydrogens is 422 g/mol. The largest absolute Gasteiger partial charge is 0.444 e. The number of anilines is 1. The molecule has 6 nitrogen and oxygen atoms in total. The van der Waals surface area contributed by atoms with Crippen molar-refractivity contribution in [1.82, 2.24) is 9.80 Å². The van der Waals surface area contributed by atoms with Gasteiger partial charge in [-0.25, -0.2) is 4.79 Å². The molecule has 2 saturated heterocycles. The molecule has 3 rings (SSSR count). The highest BCUT2D eigenvalue weighted by molar-refractivity contribution is 9.10. The van der Waals surface area contributed by atoms with Crippen molar-refractivity contribution in [1.29, 1.82) is 0 Å². The fourth-order valence-corrected chi connectivity index (χ4v) is 4.17. The summed E-state index contributed by atoms with van der Waals surface area (Å²) in [5.41, 5.74) is 2.10. The second-order valence-corrected chi connectivity index (χ2v) is 9.55. The molecule has 28 heavy (non-hydrogen) atoms. The van der Waals surface area contributed by atoms with Crippen LogP contribution in [0, 0.1) is 0 Å². The van der Waals surface area contributed by atoms with Crippen LogP contribution in [0.3, 0.4) is 0 Å². The maximum absolute atomic E-state index is 12.5. The zero-order valence-electron chi connectivity index (χ0n) is 17.4. The van der Waals surface area contributed by atoms with Crippen molar-refractivity contribution in [2.24, 2.45) is 0 Å². The number of carbonyl (C=O) groups excluding carboxylic acids is 1. The van der Waals surface area contributed by atoms with Crippen molar-refractivity contribution < 1.29 is 14.3 Å². The topological polar surface area (TPSA) is 45.2 Å². The van der Waals surface area contributed by atoms with Gasteiger partial charge in [0.15, 0.2) is 0 Å². The molecule has 2 aliphatic heterocycles. The summed E-state index contributed by atoms with van der Waals surface area (Å²) in [5, 5.41) is 0. The molecule has 2 fully saturated rings. The summed E-state index contributed by atoms with van der Waals surface area (Å²) in [7, 11) is 0. The predicted octanol–water partition coefficient (Wildman–Crippen LogP) is 3.73. The lowest BCUT2D eigenvalue weighted by Gasteiger charge is -2.42. The van der Waals surface area contributed by atoms with Crippen molar-refractivity contribution in [3.05, 3.63) is 28.2 Å². The maximum Gasteiger partial charge on any atom is 0.410 e. The maximum atomic E-state index is 12.5. The van der Waals surface area contributed by atoms with Crippen LogP contribution in [0.2, 0.25) is 0 Å². The van der Waals surface area contributed by atoms with Crippen LogP contribution in [0.25, 0.3) is 0 Å². The first kappa shape index (κ1) is 21.4. The Morgan fingerprint density at radius 2 is 1.93 bits per heavy atom. The van der Waals surface area contributed by atoms with E-state index >= 15 is 0 Å². The average Bonchev–Trinajstić information content (AvgIpc) is 2.61. The smallest absolute Gasteiger partial charge is 0.410 e. The fraction of sp³-hybridized carbons (Fsp3) is 0.667. The second-order valence-electron chi connectivity index (χ2n) is 8.63. The second kappa shape index (κ2) is 9.01. The van der Waals surface area contributed by atoms with E-state index in [0.29, 0.717) is 6.54 Å². The molecule has 2 heterocycles. The lowest BCUT2D eigenvalue weighted by molar-refractivity contribution is 0.0159. The lowest BCUT2D eigenvalue weighted by atomic mass is 10.1. The molecule has 0 aliphatic carbocycles. The first-order valence-corrected chi connectivity index (χ1v) is 10.9. The van der Waals surface area contributed by atoms with Crippen LogP contribution in [-0.2, 0) is 16.0 Å². The van der Waals surface area contributed by atoms with Gasteiger partial charge in [0.25, 0.3) is 0 Å². The molecule has 0 N–H and O–H groups in total. The molecule has 2 aliphatic rings. The number of rotatable bonds is 3. The average molecular weight is 454 g/mol. The Labute approximate surface area is 176 Å². The predicted molar refractivity (Wildman–Crippen MR) is 115 cm³/mol. The molecular formula is C21H32BrN3O3. The number of carbonyl (C=O) groups is 1. The van der Waals surface area contributed by atoms with Crippen molar-refractivity contribution >= 4 is 27.7 Å². The van der Waals surface area contributed by atoms with E-state index in [1.807, 2.05) is 25.7 Å². The molecule has 156 valence electrons. The molecule has 1 atom stereocenters. The Bertz CT molecular complexity index is 686.